The fourth-order valence-electron chi connectivity index (χ4n) is 4.67. The van der Waals surface area contributed by atoms with Gasteiger partial charge in [-0.3, -0.25) is 4.68 Å². The van der Waals surface area contributed by atoms with Gasteiger partial charge in [-0.25, -0.2) is 9.78 Å². The zero-order chi connectivity index (χ0) is 25.5. The van der Waals surface area contributed by atoms with Crippen molar-refractivity contribution in [2.75, 3.05) is 26.5 Å². The molecule has 1 fully saturated rings. The van der Waals surface area contributed by atoms with E-state index in [4.69, 9.17) is 20.3 Å². The van der Waals surface area contributed by atoms with Gasteiger partial charge >= 0.3 is 6.09 Å². The Labute approximate surface area is 211 Å². The summed E-state index contributed by atoms with van der Waals surface area (Å²) in [6.07, 6.45) is 1.30. The number of rotatable bonds is 3. The molecule has 4 rings (SSSR count). The fourth-order valence-corrected chi connectivity index (χ4v) is 5.15. The number of pyridine rings is 2. The van der Waals surface area contributed by atoms with Gasteiger partial charge < -0.3 is 25.2 Å². The third-order valence-corrected chi connectivity index (χ3v) is 6.63. The van der Waals surface area contributed by atoms with E-state index < -0.39 is 6.09 Å². The first kappa shape index (κ1) is 24.6. The summed E-state index contributed by atoms with van der Waals surface area (Å²) in [6, 6.07) is 2.90. The van der Waals surface area contributed by atoms with Crippen molar-refractivity contribution in [1.82, 2.24) is 24.6 Å². The minimum atomic E-state index is -0.940. The molecule has 4 heterocycles. The maximum atomic E-state index is 12.0. The molecule has 0 aromatic carbocycles. The van der Waals surface area contributed by atoms with Gasteiger partial charge in [-0.05, 0) is 33.7 Å². The van der Waals surface area contributed by atoms with Crippen LogP contribution in [0, 0.1) is 17.3 Å². The number of nitrogens with zero attached hydrogens (tertiary/aromatic N) is 5. The minimum absolute atomic E-state index is 0.205. The molecule has 1 unspecified atom stereocenters. The Morgan fingerprint density at radius 3 is 2.46 bits per heavy atom. The number of carboxylic acid groups (broad SMARTS) is 1. The van der Waals surface area contributed by atoms with Gasteiger partial charge in [-0.15, -0.1) is 0 Å². The molecule has 3 aromatic heterocycles. The zero-order valence-electron chi connectivity index (χ0n) is 20.2. The van der Waals surface area contributed by atoms with Crippen LogP contribution >= 0.6 is 15.9 Å². The van der Waals surface area contributed by atoms with E-state index in [0.29, 0.717) is 51.7 Å². The first-order valence-electron chi connectivity index (χ1n) is 11.0. The monoisotopic (exact) mass is 542 g/mol. The standard InChI is InChI=1S/C24H27BrN6O4/c1-24(2,3)21-16(8-9-30(21)23(32)33)31-20-14(25)12-27-22(26)19(20)15(29-31)7-6-13-10-17(34-4)28-18(11-13)35-5/h10-12,16,21H,8-9H2,1-5H3,(H2,26,27)(H,32,33)/t16?,21-/m1/s1. The molecule has 1 amide bonds. The summed E-state index contributed by atoms with van der Waals surface area (Å²) in [7, 11) is 3.04. The number of ether oxygens (including phenoxy) is 2. The minimum Gasteiger partial charge on any atom is -0.481 e. The number of hydrogen-bond donors (Lipinski definition) is 2. The Morgan fingerprint density at radius 1 is 1.23 bits per heavy atom. The highest BCUT2D eigenvalue weighted by atomic mass is 79.9. The number of fused-ring (bicyclic) bond motifs is 1. The maximum Gasteiger partial charge on any atom is 0.407 e. The number of carbonyl (C=O) groups is 1. The van der Waals surface area contributed by atoms with Crippen LogP contribution in [0.4, 0.5) is 10.6 Å². The van der Waals surface area contributed by atoms with Crippen LogP contribution in [0.15, 0.2) is 22.8 Å². The second-order valence-electron chi connectivity index (χ2n) is 9.34. The van der Waals surface area contributed by atoms with Crippen LogP contribution in [0.5, 0.6) is 11.8 Å². The van der Waals surface area contributed by atoms with Gasteiger partial charge in [0.25, 0.3) is 0 Å². The number of amides is 1. The van der Waals surface area contributed by atoms with Gasteiger partial charge in [0.1, 0.15) is 11.5 Å². The molecule has 1 saturated heterocycles. The predicted octanol–water partition coefficient (Wildman–Crippen LogP) is 3.93. The number of nitrogens with two attached hydrogens (primary N) is 1. The molecule has 0 spiro atoms. The first-order valence-corrected chi connectivity index (χ1v) is 11.8. The number of likely N-dealkylation sites (tertiary alicyclic amines) is 1. The van der Waals surface area contributed by atoms with Gasteiger partial charge in [-0.2, -0.15) is 10.1 Å². The SMILES string of the molecule is COc1cc(C#Cc2nn(C3CCN(C(=O)O)[C@H]3C(C)(C)C)c3c(Br)cnc(N)c23)cc(OC)n1. The highest BCUT2D eigenvalue weighted by Crippen LogP contribution is 2.42. The van der Waals surface area contributed by atoms with E-state index in [1.807, 2.05) is 25.5 Å². The molecule has 3 N–H and O–H groups in total. The summed E-state index contributed by atoms with van der Waals surface area (Å²) < 4.78 is 13.0. The van der Waals surface area contributed by atoms with Crippen molar-refractivity contribution in [3.05, 3.63) is 34.1 Å². The summed E-state index contributed by atoms with van der Waals surface area (Å²) in [5, 5.41) is 15.3. The van der Waals surface area contributed by atoms with Crippen molar-refractivity contribution in [2.45, 2.75) is 39.3 Å². The molecule has 0 radical (unpaired) electrons. The molecule has 0 saturated carbocycles. The van der Waals surface area contributed by atoms with Gasteiger partial charge in [0, 0.05) is 30.4 Å². The number of hydrogen-bond acceptors (Lipinski definition) is 7. The van der Waals surface area contributed by atoms with Crippen molar-refractivity contribution in [3.8, 4) is 23.6 Å². The van der Waals surface area contributed by atoms with E-state index in [1.54, 1.807) is 18.3 Å². The number of nitrogen functional groups attached to an aromatic ring is 1. The van der Waals surface area contributed by atoms with Crippen LogP contribution in [-0.4, -0.2) is 62.7 Å². The average molecular weight is 543 g/mol. The molecule has 184 valence electrons. The van der Waals surface area contributed by atoms with Crippen molar-refractivity contribution in [3.63, 3.8) is 0 Å². The average Bonchev–Trinajstić information content (AvgIpc) is 3.42. The normalized spacial score (nSPS) is 17.8. The summed E-state index contributed by atoms with van der Waals surface area (Å²) in [5.74, 6) is 7.25. The molecule has 10 nitrogen and oxygen atoms in total. The van der Waals surface area contributed by atoms with Crippen LogP contribution in [0.3, 0.4) is 0 Å². The van der Waals surface area contributed by atoms with Crippen LogP contribution in [-0.2, 0) is 0 Å². The van der Waals surface area contributed by atoms with Crippen LogP contribution < -0.4 is 15.2 Å². The third-order valence-electron chi connectivity index (χ3n) is 6.04. The largest absolute Gasteiger partial charge is 0.481 e. The van der Waals surface area contributed by atoms with E-state index in [1.165, 1.54) is 19.1 Å². The van der Waals surface area contributed by atoms with Crippen molar-refractivity contribution >= 4 is 38.7 Å². The lowest BCUT2D eigenvalue weighted by molar-refractivity contribution is 0.0913. The lowest BCUT2D eigenvalue weighted by Crippen LogP contribution is -2.46. The summed E-state index contributed by atoms with van der Waals surface area (Å²) in [6.45, 7) is 6.52. The van der Waals surface area contributed by atoms with Gasteiger partial charge in [-0.1, -0.05) is 26.7 Å². The molecular weight excluding hydrogens is 516 g/mol. The van der Waals surface area contributed by atoms with Crippen molar-refractivity contribution < 1.29 is 19.4 Å². The second kappa shape index (κ2) is 9.26. The Balaban J connectivity index is 1.89. The van der Waals surface area contributed by atoms with Crippen LogP contribution in [0.2, 0.25) is 0 Å². The highest BCUT2D eigenvalue weighted by molar-refractivity contribution is 9.10. The quantitative estimate of drug-likeness (QED) is 0.476. The highest BCUT2D eigenvalue weighted by Gasteiger charge is 2.46. The predicted molar refractivity (Wildman–Crippen MR) is 135 cm³/mol. The molecule has 11 heteroatoms. The fraction of sp³-hybridized carbons (Fsp3) is 0.417. The van der Waals surface area contributed by atoms with Crippen LogP contribution in [0.25, 0.3) is 10.9 Å². The van der Waals surface area contributed by atoms with Crippen LogP contribution in [0.1, 0.15) is 44.5 Å². The number of anilines is 1. The number of methoxy groups -OCH3 is 2. The zero-order valence-corrected chi connectivity index (χ0v) is 21.8. The molecule has 1 aliphatic rings. The van der Waals surface area contributed by atoms with Crippen molar-refractivity contribution in [2.24, 2.45) is 5.41 Å². The Hall–Kier alpha value is -3.52. The van der Waals surface area contributed by atoms with E-state index in [-0.39, 0.29) is 17.5 Å². The topological polar surface area (TPSA) is 129 Å². The first-order chi connectivity index (χ1) is 16.5. The van der Waals surface area contributed by atoms with Gasteiger partial charge in [0.15, 0.2) is 0 Å². The number of halogens is 1. The lowest BCUT2D eigenvalue weighted by atomic mass is 9.82. The second-order valence-corrected chi connectivity index (χ2v) is 10.2. The third kappa shape index (κ3) is 4.58. The molecule has 0 bridgehead atoms. The molecule has 35 heavy (non-hydrogen) atoms. The van der Waals surface area contributed by atoms with E-state index in [0.717, 1.165) is 5.52 Å². The number of aromatic nitrogens is 4. The Kier molecular flexibility index (Phi) is 6.51. The summed E-state index contributed by atoms with van der Waals surface area (Å²) in [4.78, 5) is 22.0. The molecule has 2 atom stereocenters. The molecular formula is C24H27BrN6O4. The van der Waals surface area contributed by atoms with E-state index in [9.17, 15) is 9.90 Å². The maximum absolute atomic E-state index is 12.0. The molecule has 3 aromatic rings. The summed E-state index contributed by atoms with van der Waals surface area (Å²) in [5.41, 5.74) is 7.78. The van der Waals surface area contributed by atoms with E-state index >= 15 is 0 Å². The smallest absolute Gasteiger partial charge is 0.407 e. The Bertz CT molecular complexity index is 1330. The molecule has 1 aliphatic heterocycles. The summed E-state index contributed by atoms with van der Waals surface area (Å²) >= 11 is 3.59. The van der Waals surface area contributed by atoms with E-state index in [2.05, 4.69) is 37.7 Å². The molecule has 0 aliphatic carbocycles. The van der Waals surface area contributed by atoms with Crippen molar-refractivity contribution in [1.29, 1.82) is 0 Å². The van der Waals surface area contributed by atoms with Gasteiger partial charge in [0.2, 0.25) is 11.8 Å². The van der Waals surface area contributed by atoms with Gasteiger partial charge in [0.05, 0.1) is 41.7 Å². The Morgan fingerprint density at radius 2 is 1.89 bits per heavy atom. The lowest BCUT2D eigenvalue weighted by Gasteiger charge is -2.37.